The summed E-state index contributed by atoms with van der Waals surface area (Å²) in [4.78, 5) is 17.7. The van der Waals surface area contributed by atoms with Gasteiger partial charge in [0, 0.05) is 19.8 Å². The van der Waals surface area contributed by atoms with E-state index in [1.807, 2.05) is 13.0 Å². The van der Waals surface area contributed by atoms with Crippen LogP contribution in [-0.2, 0) is 5.41 Å². The molecule has 1 aromatic rings. The van der Waals surface area contributed by atoms with Gasteiger partial charge in [0.2, 0.25) is 0 Å². The summed E-state index contributed by atoms with van der Waals surface area (Å²) >= 11 is 0. The molecule has 0 fully saturated rings. The number of rotatable bonds is 2. The third-order valence-electron chi connectivity index (χ3n) is 2.67. The van der Waals surface area contributed by atoms with Gasteiger partial charge in [0.1, 0.15) is 5.69 Å². The highest BCUT2D eigenvalue weighted by molar-refractivity contribution is 5.92. The third-order valence-corrected chi connectivity index (χ3v) is 2.67. The molecule has 1 heterocycles. The van der Waals surface area contributed by atoms with Crippen LogP contribution in [0.5, 0.6) is 0 Å². The Bertz CT molecular complexity index is 363. The number of hydrogen-bond donors (Lipinski definition) is 0. The average Bonchev–Trinajstić information content (AvgIpc) is 2.26. The largest absolute Gasteiger partial charge is 0.341 e. The van der Waals surface area contributed by atoms with Crippen LogP contribution in [0.2, 0.25) is 0 Å². The van der Waals surface area contributed by atoms with E-state index >= 15 is 0 Å². The number of carbonyl (C=O) groups excluding carboxylic acids is 1. The lowest BCUT2D eigenvalue weighted by molar-refractivity contribution is 0.0796. The van der Waals surface area contributed by atoms with Crippen LogP contribution in [0.4, 0.5) is 0 Å². The molecule has 1 amide bonds. The molecule has 0 saturated carbocycles. The van der Waals surface area contributed by atoms with Crippen LogP contribution in [-0.4, -0.2) is 29.4 Å². The van der Waals surface area contributed by atoms with E-state index in [-0.39, 0.29) is 11.3 Å². The Labute approximate surface area is 97.5 Å². The molecule has 0 atom stereocenters. The highest BCUT2D eigenvalue weighted by Gasteiger charge is 2.16. The molecule has 0 N–H and O–H groups in total. The summed E-state index contributed by atoms with van der Waals surface area (Å²) in [6.45, 7) is 9.03. The summed E-state index contributed by atoms with van der Waals surface area (Å²) in [5, 5.41) is 0. The Balaban J connectivity index is 2.91. The van der Waals surface area contributed by atoms with Crippen LogP contribution < -0.4 is 0 Å². The minimum absolute atomic E-state index is 0.0250. The van der Waals surface area contributed by atoms with Gasteiger partial charge in [-0.2, -0.15) is 0 Å². The summed E-state index contributed by atoms with van der Waals surface area (Å²) < 4.78 is 0. The highest BCUT2D eigenvalue weighted by Crippen LogP contribution is 2.21. The van der Waals surface area contributed by atoms with Gasteiger partial charge >= 0.3 is 0 Å². The first-order valence-corrected chi connectivity index (χ1v) is 5.58. The monoisotopic (exact) mass is 220 g/mol. The van der Waals surface area contributed by atoms with E-state index in [0.29, 0.717) is 12.2 Å². The van der Waals surface area contributed by atoms with Crippen LogP contribution in [0.1, 0.15) is 43.7 Å². The molecule has 1 aromatic heterocycles. The fourth-order valence-electron chi connectivity index (χ4n) is 1.30. The lowest BCUT2D eigenvalue weighted by Crippen LogP contribution is -2.27. The molecule has 0 aliphatic heterocycles. The molecule has 0 radical (unpaired) electrons. The predicted molar refractivity (Wildman–Crippen MR) is 65.6 cm³/mol. The first-order chi connectivity index (χ1) is 7.36. The van der Waals surface area contributed by atoms with Crippen LogP contribution in [0.25, 0.3) is 0 Å². The van der Waals surface area contributed by atoms with E-state index in [1.165, 1.54) is 0 Å². The second-order valence-corrected chi connectivity index (χ2v) is 5.00. The standard InChI is InChI=1S/C13H20N2O/c1-6-15(5)12(16)11-8-7-10(9-14-11)13(2,3)4/h7-9H,6H2,1-5H3. The van der Waals surface area contributed by atoms with Gasteiger partial charge in [-0.15, -0.1) is 0 Å². The van der Waals surface area contributed by atoms with Gasteiger partial charge in [-0.1, -0.05) is 26.8 Å². The van der Waals surface area contributed by atoms with E-state index in [2.05, 4.69) is 25.8 Å². The van der Waals surface area contributed by atoms with Crippen molar-refractivity contribution in [2.75, 3.05) is 13.6 Å². The lowest BCUT2D eigenvalue weighted by atomic mass is 9.88. The summed E-state index contributed by atoms with van der Waals surface area (Å²) in [6, 6.07) is 3.78. The first-order valence-electron chi connectivity index (χ1n) is 5.58. The maximum Gasteiger partial charge on any atom is 0.272 e. The van der Waals surface area contributed by atoms with Crippen molar-refractivity contribution in [2.24, 2.45) is 0 Å². The van der Waals surface area contributed by atoms with Gasteiger partial charge in [0.15, 0.2) is 0 Å². The van der Waals surface area contributed by atoms with E-state index in [9.17, 15) is 4.79 Å². The van der Waals surface area contributed by atoms with Crippen molar-refractivity contribution >= 4 is 5.91 Å². The number of carbonyl (C=O) groups is 1. The van der Waals surface area contributed by atoms with Crippen molar-refractivity contribution in [1.29, 1.82) is 0 Å². The van der Waals surface area contributed by atoms with E-state index in [4.69, 9.17) is 0 Å². The van der Waals surface area contributed by atoms with Crippen molar-refractivity contribution in [1.82, 2.24) is 9.88 Å². The molecule has 0 unspecified atom stereocenters. The predicted octanol–water partition coefficient (Wildman–Crippen LogP) is 2.47. The first kappa shape index (κ1) is 12.7. The van der Waals surface area contributed by atoms with Crippen molar-refractivity contribution in [2.45, 2.75) is 33.1 Å². The maximum atomic E-state index is 11.8. The zero-order valence-electron chi connectivity index (χ0n) is 10.7. The topological polar surface area (TPSA) is 33.2 Å². The van der Waals surface area contributed by atoms with Crippen LogP contribution in [0.15, 0.2) is 18.3 Å². The number of hydrogen-bond acceptors (Lipinski definition) is 2. The van der Waals surface area contributed by atoms with E-state index in [1.54, 1.807) is 24.2 Å². The molecule has 0 aromatic carbocycles. The molecule has 88 valence electrons. The minimum Gasteiger partial charge on any atom is -0.341 e. The quantitative estimate of drug-likeness (QED) is 0.767. The van der Waals surface area contributed by atoms with Gasteiger partial charge in [-0.25, -0.2) is 0 Å². The molecular weight excluding hydrogens is 200 g/mol. The fourth-order valence-corrected chi connectivity index (χ4v) is 1.30. The highest BCUT2D eigenvalue weighted by atomic mass is 16.2. The third kappa shape index (κ3) is 2.81. The Morgan fingerprint density at radius 2 is 2.00 bits per heavy atom. The van der Waals surface area contributed by atoms with Crippen LogP contribution in [0.3, 0.4) is 0 Å². The average molecular weight is 220 g/mol. The van der Waals surface area contributed by atoms with Gasteiger partial charge < -0.3 is 4.90 Å². The fraction of sp³-hybridized carbons (Fsp3) is 0.538. The molecule has 1 rings (SSSR count). The van der Waals surface area contributed by atoms with Gasteiger partial charge in [0.05, 0.1) is 0 Å². The van der Waals surface area contributed by atoms with Gasteiger partial charge in [-0.05, 0) is 24.0 Å². The number of amides is 1. The number of pyridine rings is 1. The van der Waals surface area contributed by atoms with Crippen molar-refractivity contribution in [3.05, 3.63) is 29.6 Å². The lowest BCUT2D eigenvalue weighted by Gasteiger charge is -2.19. The van der Waals surface area contributed by atoms with Gasteiger partial charge in [0.25, 0.3) is 5.91 Å². The summed E-state index contributed by atoms with van der Waals surface area (Å²) in [7, 11) is 1.78. The molecule has 16 heavy (non-hydrogen) atoms. The number of nitrogens with zero attached hydrogens (tertiary/aromatic N) is 2. The van der Waals surface area contributed by atoms with Crippen molar-refractivity contribution in [3.63, 3.8) is 0 Å². The molecule has 3 nitrogen and oxygen atoms in total. The summed E-state index contributed by atoms with van der Waals surface area (Å²) in [5.74, 6) is -0.0250. The van der Waals surface area contributed by atoms with Crippen LogP contribution in [0, 0.1) is 0 Å². The minimum atomic E-state index is -0.0250. The molecule has 0 spiro atoms. The molecule has 0 aliphatic rings. The number of aromatic nitrogens is 1. The Kier molecular flexibility index (Phi) is 3.68. The Morgan fingerprint density at radius 3 is 2.38 bits per heavy atom. The zero-order chi connectivity index (χ0) is 12.3. The molecule has 0 bridgehead atoms. The SMILES string of the molecule is CCN(C)C(=O)c1ccc(C(C)(C)C)cn1. The Hall–Kier alpha value is -1.38. The smallest absolute Gasteiger partial charge is 0.272 e. The Morgan fingerprint density at radius 1 is 1.38 bits per heavy atom. The van der Waals surface area contributed by atoms with Crippen molar-refractivity contribution < 1.29 is 4.79 Å². The van der Waals surface area contributed by atoms with Gasteiger partial charge in [-0.3, -0.25) is 9.78 Å². The molecular formula is C13H20N2O. The molecule has 0 saturated heterocycles. The van der Waals surface area contributed by atoms with Crippen LogP contribution >= 0.6 is 0 Å². The molecule has 0 aliphatic carbocycles. The molecule has 3 heteroatoms. The second kappa shape index (κ2) is 4.64. The van der Waals surface area contributed by atoms with Crippen molar-refractivity contribution in [3.8, 4) is 0 Å². The maximum absolute atomic E-state index is 11.8. The normalized spacial score (nSPS) is 11.3. The van der Waals surface area contributed by atoms with E-state index < -0.39 is 0 Å². The summed E-state index contributed by atoms with van der Waals surface area (Å²) in [6.07, 6.45) is 1.79. The summed E-state index contributed by atoms with van der Waals surface area (Å²) in [5.41, 5.74) is 1.73. The second-order valence-electron chi connectivity index (χ2n) is 5.00. The zero-order valence-corrected chi connectivity index (χ0v) is 10.7. The van der Waals surface area contributed by atoms with E-state index in [0.717, 1.165) is 5.56 Å².